The van der Waals surface area contributed by atoms with E-state index in [9.17, 15) is 9.59 Å². The summed E-state index contributed by atoms with van der Waals surface area (Å²) < 4.78 is 0. The molecule has 22 heavy (non-hydrogen) atoms. The first-order valence-corrected chi connectivity index (χ1v) is 7.87. The van der Waals surface area contributed by atoms with E-state index in [1.807, 2.05) is 42.6 Å². The Morgan fingerprint density at radius 3 is 2.64 bits per heavy atom. The highest BCUT2D eigenvalue weighted by molar-refractivity contribution is 7.80. The van der Waals surface area contributed by atoms with Crippen molar-refractivity contribution < 1.29 is 9.59 Å². The van der Waals surface area contributed by atoms with E-state index in [2.05, 4.69) is 5.32 Å². The summed E-state index contributed by atoms with van der Waals surface area (Å²) >= 11 is 6.63. The Labute approximate surface area is 137 Å². The van der Waals surface area contributed by atoms with Crippen LogP contribution in [0.2, 0.25) is 0 Å². The number of thiocarbonyl (C=S) groups is 1. The smallest absolute Gasteiger partial charge is 0.270 e. The van der Waals surface area contributed by atoms with Gasteiger partial charge in [-0.1, -0.05) is 24.3 Å². The van der Waals surface area contributed by atoms with Crippen LogP contribution < -0.4 is 10.2 Å². The number of hydrogen-bond acceptors (Lipinski definition) is 4. The molecule has 1 saturated heterocycles. The molecule has 0 unspecified atom stereocenters. The van der Waals surface area contributed by atoms with E-state index in [-0.39, 0.29) is 10.7 Å². The van der Waals surface area contributed by atoms with Crippen LogP contribution in [0.15, 0.2) is 47.4 Å². The molecule has 0 saturated carbocycles. The summed E-state index contributed by atoms with van der Waals surface area (Å²) in [5.41, 5.74) is 1.67. The predicted octanol–water partition coefficient (Wildman–Crippen LogP) is 2.89. The number of para-hydroxylation sites is 1. The second kappa shape index (κ2) is 5.82. The Morgan fingerprint density at radius 1 is 1.18 bits per heavy atom. The number of amides is 2. The van der Waals surface area contributed by atoms with Gasteiger partial charge in [0.1, 0.15) is 5.57 Å². The van der Waals surface area contributed by atoms with Gasteiger partial charge in [0, 0.05) is 4.88 Å². The number of carbonyl (C=O) groups excluding carboxylic acids is 2. The summed E-state index contributed by atoms with van der Waals surface area (Å²) in [5.74, 6) is -0.871. The number of benzene rings is 1. The van der Waals surface area contributed by atoms with Gasteiger partial charge in [-0.25, -0.2) is 0 Å². The van der Waals surface area contributed by atoms with Crippen molar-refractivity contribution in [3.05, 3.63) is 57.8 Å². The molecular weight excluding hydrogens is 316 g/mol. The quantitative estimate of drug-likeness (QED) is 0.524. The highest BCUT2D eigenvalue weighted by Crippen LogP contribution is 2.25. The fourth-order valence-corrected chi connectivity index (χ4v) is 3.14. The lowest BCUT2D eigenvalue weighted by atomic mass is 10.1. The molecule has 1 aromatic heterocycles. The van der Waals surface area contributed by atoms with Gasteiger partial charge in [-0.3, -0.25) is 19.8 Å². The lowest BCUT2D eigenvalue weighted by molar-refractivity contribution is -0.122. The molecule has 1 fully saturated rings. The third kappa shape index (κ3) is 2.58. The summed E-state index contributed by atoms with van der Waals surface area (Å²) in [5, 5.41) is 4.58. The third-order valence-corrected chi connectivity index (χ3v) is 4.39. The van der Waals surface area contributed by atoms with E-state index in [1.165, 1.54) is 16.2 Å². The first-order valence-electron chi connectivity index (χ1n) is 6.58. The number of rotatable bonds is 2. The van der Waals surface area contributed by atoms with Crippen LogP contribution in [0, 0.1) is 6.92 Å². The molecule has 1 aliphatic rings. The molecule has 0 bridgehead atoms. The highest BCUT2D eigenvalue weighted by Gasteiger charge is 2.34. The Morgan fingerprint density at radius 2 is 1.95 bits per heavy atom. The molecule has 2 amide bonds. The van der Waals surface area contributed by atoms with Crippen molar-refractivity contribution in [2.75, 3.05) is 4.90 Å². The molecule has 1 aromatic carbocycles. The predicted molar refractivity (Wildman–Crippen MR) is 91.7 cm³/mol. The van der Waals surface area contributed by atoms with Crippen molar-refractivity contribution in [1.82, 2.24) is 5.32 Å². The molecule has 4 nitrogen and oxygen atoms in total. The first-order chi connectivity index (χ1) is 10.6. The van der Waals surface area contributed by atoms with Crippen molar-refractivity contribution in [2.45, 2.75) is 6.92 Å². The van der Waals surface area contributed by atoms with E-state index in [4.69, 9.17) is 12.2 Å². The molecule has 2 aromatic rings. The minimum absolute atomic E-state index is 0.0827. The molecule has 0 spiro atoms. The van der Waals surface area contributed by atoms with Crippen LogP contribution in [-0.4, -0.2) is 16.9 Å². The van der Waals surface area contributed by atoms with Crippen molar-refractivity contribution in [2.24, 2.45) is 0 Å². The number of aryl methyl sites for hydroxylation is 1. The number of hydrogen-bond donors (Lipinski definition) is 1. The van der Waals surface area contributed by atoms with Crippen molar-refractivity contribution in [1.29, 1.82) is 0 Å². The lowest BCUT2D eigenvalue weighted by Crippen LogP contribution is -2.54. The van der Waals surface area contributed by atoms with E-state index in [1.54, 1.807) is 12.1 Å². The fourth-order valence-electron chi connectivity index (χ4n) is 2.21. The molecule has 6 heteroatoms. The Kier molecular flexibility index (Phi) is 3.87. The fraction of sp³-hybridized carbons (Fsp3) is 0.0625. The summed E-state index contributed by atoms with van der Waals surface area (Å²) in [7, 11) is 0. The average Bonchev–Trinajstić information content (AvgIpc) is 2.98. The maximum absolute atomic E-state index is 12.7. The molecule has 0 atom stereocenters. The zero-order valence-corrected chi connectivity index (χ0v) is 13.3. The van der Waals surface area contributed by atoms with E-state index in [0.29, 0.717) is 5.69 Å². The standard InChI is InChI=1S/C16H12N2O2S2/c1-10-5-2-3-7-13(10)18-15(20)12(14(19)17-16(18)21)9-11-6-4-8-22-11/h2-9H,1H3,(H,17,19,21)/b12-9+. The van der Waals surface area contributed by atoms with Crippen LogP contribution in [0.5, 0.6) is 0 Å². The maximum Gasteiger partial charge on any atom is 0.270 e. The number of thiophene rings is 1. The topological polar surface area (TPSA) is 49.4 Å². The number of nitrogens with zero attached hydrogens (tertiary/aromatic N) is 1. The number of nitrogens with one attached hydrogen (secondary N) is 1. The third-order valence-electron chi connectivity index (χ3n) is 3.29. The summed E-state index contributed by atoms with van der Waals surface area (Å²) in [6, 6.07) is 11.1. The van der Waals surface area contributed by atoms with Crippen molar-refractivity contribution in [3.63, 3.8) is 0 Å². The minimum Gasteiger partial charge on any atom is -0.298 e. The van der Waals surface area contributed by atoms with Crippen LogP contribution in [0.25, 0.3) is 6.08 Å². The zero-order valence-electron chi connectivity index (χ0n) is 11.7. The molecule has 110 valence electrons. The SMILES string of the molecule is Cc1ccccc1N1C(=O)/C(=C/c2cccs2)C(=O)NC1=S. The Bertz CT molecular complexity index is 794. The molecule has 3 rings (SSSR count). The minimum atomic E-state index is -0.465. The van der Waals surface area contributed by atoms with Gasteiger partial charge in [0.05, 0.1) is 5.69 Å². The summed E-state index contributed by atoms with van der Waals surface area (Å²) in [6.45, 7) is 1.89. The zero-order chi connectivity index (χ0) is 15.7. The van der Waals surface area contributed by atoms with Crippen LogP contribution in [0.3, 0.4) is 0 Å². The van der Waals surface area contributed by atoms with Crippen LogP contribution >= 0.6 is 23.6 Å². The second-order valence-electron chi connectivity index (χ2n) is 4.76. The maximum atomic E-state index is 12.7. The molecule has 2 heterocycles. The summed E-state index contributed by atoms with van der Waals surface area (Å²) in [4.78, 5) is 27.0. The Balaban J connectivity index is 2.05. The van der Waals surface area contributed by atoms with E-state index in [0.717, 1.165) is 10.4 Å². The molecule has 1 aliphatic heterocycles. The summed E-state index contributed by atoms with van der Waals surface area (Å²) in [6.07, 6.45) is 1.59. The van der Waals surface area contributed by atoms with Crippen LogP contribution in [-0.2, 0) is 9.59 Å². The number of anilines is 1. The van der Waals surface area contributed by atoms with Crippen LogP contribution in [0.1, 0.15) is 10.4 Å². The lowest BCUT2D eigenvalue weighted by Gasteiger charge is -2.29. The first kappa shape index (κ1) is 14.6. The molecule has 1 N–H and O–H groups in total. The monoisotopic (exact) mass is 328 g/mol. The van der Waals surface area contributed by atoms with Gasteiger partial charge >= 0.3 is 0 Å². The highest BCUT2D eigenvalue weighted by atomic mass is 32.1. The molecule has 0 aliphatic carbocycles. The molecular formula is C16H12N2O2S2. The van der Waals surface area contributed by atoms with Gasteiger partial charge in [0.15, 0.2) is 5.11 Å². The number of carbonyl (C=O) groups is 2. The van der Waals surface area contributed by atoms with Gasteiger partial charge < -0.3 is 0 Å². The second-order valence-corrected chi connectivity index (χ2v) is 6.13. The van der Waals surface area contributed by atoms with Gasteiger partial charge in [0.25, 0.3) is 11.8 Å². The largest absolute Gasteiger partial charge is 0.298 e. The Hall–Kier alpha value is -2.31. The average molecular weight is 328 g/mol. The van der Waals surface area contributed by atoms with Crippen molar-refractivity contribution >= 4 is 52.2 Å². The van der Waals surface area contributed by atoms with Gasteiger partial charge in [-0.2, -0.15) is 0 Å². The van der Waals surface area contributed by atoms with Crippen LogP contribution in [0.4, 0.5) is 5.69 Å². The van der Waals surface area contributed by atoms with Crippen molar-refractivity contribution in [3.8, 4) is 0 Å². The van der Waals surface area contributed by atoms with E-state index >= 15 is 0 Å². The normalized spacial score (nSPS) is 17.0. The van der Waals surface area contributed by atoms with Gasteiger partial charge in [0.2, 0.25) is 0 Å². The van der Waals surface area contributed by atoms with Gasteiger partial charge in [-0.15, -0.1) is 11.3 Å². The molecule has 0 radical (unpaired) electrons. The van der Waals surface area contributed by atoms with Gasteiger partial charge in [-0.05, 0) is 48.3 Å². The van der Waals surface area contributed by atoms with E-state index < -0.39 is 11.8 Å².